The van der Waals surface area contributed by atoms with E-state index in [0.29, 0.717) is 6.42 Å². The highest BCUT2D eigenvalue weighted by Gasteiger charge is 2.36. The van der Waals surface area contributed by atoms with E-state index in [9.17, 15) is 14.4 Å². The van der Waals surface area contributed by atoms with Crippen molar-refractivity contribution in [3.05, 3.63) is 20.8 Å². The number of hydrogen-bond donors (Lipinski definition) is 1. The number of thiophene rings is 1. The Kier molecular flexibility index (Phi) is 3.82. The SMILES string of the molecule is CC1C(=O)NC(=O)N(CCc2ccc(Br)s2)C1=O. The molecule has 1 aromatic heterocycles. The van der Waals surface area contributed by atoms with Crippen molar-refractivity contribution in [1.29, 1.82) is 0 Å². The lowest BCUT2D eigenvalue weighted by Gasteiger charge is -2.28. The summed E-state index contributed by atoms with van der Waals surface area (Å²) in [7, 11) is 0. The van der Waals surface area contributed by atoms with E-state index in [1.807, 2.05) is 12.1 Å². The number of nitrogens with one attached hydrogen (secondary N) is 1. The van der Waals surface area contributed by atoms with E-state index in [4.69, 9.17) is 0 Å². The summed E-state index contributed by atoms with van der Waals surface area (Å²) in [6.45, 7) is 1.79. The lowest BCUT2D eigenvalue weighted by molar-refractivity contribution is -0.141. The molecule has 1 saturated heterocycles. The Morgan fingerprint density at radius 1 is 1.39 bits per heavy atom. The number of carbonyl (C=O) groups excluding carboxylic acids is 3. The van der Waals surface area contributed by atoms with Gasteiger partial charge in [0, 0.05) is 17.8 Å². The number of amides is 4. The van der Waals surface area contributed by atoms with Gasteiger partial charge in [-0.2, -0.15) is 0 Å². The monoisotopic (exact) mass is 330 g/mol. The summed E-state index contributed by atoms with van der Waals surface area (Å²) in [5.41, 5.74) is 0. The van der Waals surface area contributed by atoms with Gasteiger partial charge in [0.2, 0.25) is 11.8 Å². The van der Waals surface area contributed by atoms with Gasteiger partial charge in [-0.15, -0.1) is 11.3 Å². The minimum absolute atomic E-state index is 0.287. The van der Waals surface area contributed by atoms with Gasteiger partial charge in [0.1, 0.15) is 5.92 Å². The molecule has 2 rings (SSSR count). The molecule has 2 heterocycles. The van der Waals surface area contributed by atoms with E-state index in [-0.39, 0.29) is 6.54 Å². The van der Waals surface area contributed by atoms with Crippen LogP contribution in [0, 0.1) is 5.92 Å². The molecule has 1 aliphatic heterocycles. The number of imide groups is 2. The van der Waals surface area contributed by atoms with E-state index in [1.165, 1.54) is 6.92 Å². The molecule has 7 heteroatoms. The number of nitrogens with zero attached hydrogens (tertiary/aromatic N) is 1. The van der Waals surface area contributed by atoms with Crippen LogP contribution in [0.1, 0.15) is 11.8 Å². The molecule has 5 nitrogen and oxygen atoms in total. The molecule has 0 aliphatic carbocycles. The van der Waals surface area contributed by atoms with Crippen molar-refractivity contribution in [2.45, 2.75) is 13.3 Å². The molecule has 0 radical (unpaired) electrons. The Morgan fingerprint density at radius 3 is 2.72 bits per heavy atom. The van der Waals surface area contributed by atoms with Crippen LogP contribution in [-0.2, 0) is 16.0 Å². The standard InChI is InChI=1S/C11H11BrN2O3S/c1-6-9(15)13-11(17)14(10(6)16)5-4-7-2-3-8(12)18-7/h2-3,6H,4-5H2,1H3,(H,13,15,17). The van der Waals surface area contributed by atoms with E-state index in [1.54, 1.807) is 11.3 Å². The van der Waals surface area contributed by atoms with Crippen LogP contribution < -0.4 is 5.32 Å². The van der Waals surface area contributed by atoms with Crippen LogP contribution in [0.3, 0.4) is 0 Å². The number of barbiturate groups is 1. The fraction of sp³-hybridized carbons (Fsp3) is 0.364. The first-order valence-electron chi connectivity index (χ1n) is 5.39. The number of halogens is 1. The Hall–Kier alpha value is -1.21. The van der Waals surface area contributed by atoms with Gasteiger partial charge in [-0.3, -0.25) is 19.8 Å². The van der Waals surface area contributed by atoms with Crippen molar-refractivity contribution in [1.82, 2.24) is 10.2 Å². The highest BCUT2D eigenvalue weighted by molar-refractivity contribution is 9.11. The average molecular weight is 331 g/mol. The summed E-state index contributed by atoms with van der Waals surface area (Å²) < 4.78 is 1.01. The maximum Gasteiger partial charge on any atom is 0.330 e. The van der Waals surface area contributed by atoms with Crippen LogP contribution in [0.2, 0.25) is 0 Å². The van der Waals surface area contributed by atoms with Gasteiger partial charge in [-0.25, -0.2) is 4.79 Å². The summed E-state index contributed by atoms with van der Waals surface area (Å²) in [5, 5.41) is 2.17. The van der Waals surface area contributed by atoms with Crippen molar-refractivity contribution in [3.63, 3.8) is 0 Å². The highest BCUT2D eigenvalue weighted by Crippen LogP contribution is 2.23. The smallest absolute Gasteiger partial charge is 0.277 e. The third-order valence-electron chi connectivity index (χ3n) is 2.72. The summed E-state index contributed by atoms with van der Waals surface area (Å²) in [5.74, 6) is -1.75. The molecule has 96 valence electrons. The van der Waals surface area contributed by atoms with Gasteiger partial charge in [-0.1, -0.05) is 0 Å². The van der Waals surface area contributed by atoms with Crippen molar-refractivity contribution in [3.8, 4) is 0 Å². The molecular weight excluding hydrogens is 320 g/mol. The molecule has 1 unspecified atom stereocenters. The first-order valence-corrected chi connectivity index (χ1v) is 7.00. The summed E-state index contributed by atoms with van der Waals surface area (Å²) in [6, 6.07) is 3.23. The normalized spacial score (nSPS) is 20.2. The lowest BCUT2D eigenvalue weighted by Crippen LogP contribution is -2.57. The largest absolute Gasteiger partial charge is 0.330 e. The minimum atomic E-state index is -0.794. The highest BCUT2D eigenvalue weighted by atomic mass is 79.9. The maximum absolute atomic E-state index is 11.8. The molecule has 0 aromatic carbocycles. The first-order chi connectivity index (χ1) is 8.49. The zero-order valence-electron chi connectivity index (χ0n) is 9.60. The van der Waals surface area contributed by atoms with Crippen molar-refractivity contribution < 1.29 is 14.4 Å². The van der Waals surface area contributed by atoms with Gasteiger partial charge < -0.3 is 0 Å². The molecule has 18 heavy (non-hydrogen) atoms. The molecule has 1 aliphatic rings. The first kappa shape index (κ1) is 13.2. The quantitative estimate of drug-likeness (QED) is 0.859. The van der Waals surface area contributed by atoms with Crippen LogP contribution in [0.5, 0.6) is 0 Å². The fourth-order valence-corrected chi connectivity index (χ4v) is 3.12. The van der Waals surface area contributed by atoms with Crippen molar-refractivity contribution in [2.24, 2.45) is 5.92 Å². The zero-order chi connectivity index (χ0) is 13.3. The van der Waals surface area contributed by atoms with Gasteiger partial charge in [0.15, 0.2) is 0 Å². The second-order valence-electron chi connectivity index (χ2n) is 3.96. The Morgan fingerprint density at radius 2 is 2.11 bits per heavy atom. The Balaban J connectivity index is 2.02. The molecule has 0 spiro atoms. The topological polar surface area (TPSA) is 66.5 Å². The van der Waals surface area contributed by atoms with Crippen LogP contribution in [-0.4, -0.2) is 29.3 Å². The van der Waals surface area contributed by atoms with Gasteiger partial charge in [-0.05, 0) is 35.0 Å². The number of urea groups is 1. The molecular formula is C11H11BrN2O3S. The average Bonchev–Trinajstić information content (AvgIpc) is 2.72. The summed E-state index contributed by atoms with van der Waals surface area (Å²) >= 11 is 4.91. The van der Waals surface area contributed by atoms with Crippen LogP contribution >= 0.6 is 27.3 Å². The molecule has 0 saturated carbocycles. The Labute approximate surface area is 116 Å². The number of carbonyl (C=O) groups is 3. The molecule has 1 aromatic rings. The van der Waals surface area contributed by atoms with Crippen molar-refractivity contribution in [2.75, 3.05) is 6.54 Å². The van der Waals surface area contributed by atoms with Crippen molar-refractivity contribution >= 4 is 45.1 Å². The number of rotatable bonds is 3. The molecule has 0 bridgehead atoms. The number of hydrogen-bond acceptors (Lipinski definition) is 4. The molecule has 1 atom stereocenters. The molecule has 1 N–H and O–H groups in total. The predicted octanol–water partition coefficient (Wildman–Crippen LogP) is 1.77. The van der Waals surface area contributed by atoms with E-state index < -0.39 is 23.8 Å². The van der Waals surface area contributed by atoms with Gasteiger partial charge in [0.25, 0.3) is 0 Å². The van der Waals surface area contributed by atoms with Crippen LogP contribution in [0.15, 0.2) is 15.9 Å². The molecule has 4 amide bonds. The van der Waals surface area contributed by atoms with Crippen LogP contribution in [0.4, 0.5) is 4.79 Å². The third kappa shape index (κ3) is 2.62. The molecule has 1 fully saturated rings. The van der Waals surface area contributed by atoms with E-state index in [0.717, 1.165) is 13.6 Å². The zero-order valence-corrected chi connectivity index (χ0v) is 12.0. The lowest BCUT2D eigenvalue weighted by atomic mass is 10.1. The van der Waals surface area contributed by atoms with Crippen LogP contribution in [0.25, 0.3) is 0 Å². The maximum atomic E-state index is 11.8. The summed E-state index contributed by atoms with van der Waals surface area (Å²) in [6.07, 6.45) is 0.594. The van der Waals surface area contributed by atoms with Gasteiger partial charge >= 0.3 is 6.03 Å². The van der Waals surface area contributed by atoms with Gasteiger partial charge in [0.05, 0.1) is 3.79 Å². The fourth-order valence-electron chi connectivity index (χ4n) is 1.65. The third-order valence-corrected chi connectivity index (χ3v) is 4.40. The minimum Gasteiger partial charge on any atom is -0.277 e. The summed E-state index contributed by atoms with van der Waals surface area (Å²) in [4.78, 5) is 36.8. The second-order valence-corrected chi connectivity index (χ2v) is 6.51. The Bertz CT molecular complexity index is 514. The predicted molar refractivity (Wildman–Crippen MR) is 70.1 cm³/mol. The van der Waals surface area contributed by atoms with E-state index in [2.05, 4.69) is 21.2 Å². The second kappa shape index (κ2) is 5.19. The van der Waals surface area contributed by atoms with E-state index >= 15 is 0 Å².